The van der Waals surface area contributed by atoms with Crippen LogP contribution in [0.1, 0.15) is 21.7 Å². The van der Waals surface area contributed by atoms with Crippen LogP contribution in [-0.2, 0) is 7.05 Å². The quantitative estimate of drug-likeness (QED) is 0.544. The van der Waals surface area contributed by atoms with Gasteiger partial charge in [-0.05, 0) is 37.6 Å². The van der Waals surface area contributed by atoms with Gasteiger partial charge in [0.2, 0.25) is 0 Å². The SMILES string of the molecule is Cc1cccc(Oc2cc(NC(=O)c3cc(C)n(C)n3)cc([N+](=O)[O-])c2)c1. The lowest BCUT2D eigenvalue weighted by molar-refractivity contribution is -0.384. The Morgan fingerprint density at radius 2 is 1.93 bits per heavy atom. The summed E-state index contributed by atoms with van der Waals surface area (Å²) in [6, 6.07) is 13.1. The highest BCUT2D eigenvalue weighted by molar-refractivity contribution is 6.03. The van der Waals surface area contributed by atoms with Gasteiger partial charge in [-0.2, -0.15) is 5.10 Å². The Hall–Kier alpha value is -3.68. The Balaban J connectivity index is 1.89. The lowest BCUT2D eigenvalue weighted by Crippen LogP contribution is -2.13. The predicted molar refractivity (Wildman–Crippen MR) is 100 cm³/mol. The van der Waals surface area contributed by atoms with Gasteiger partial charge < -0.3 is 10.1 Å². The van der Waals surface area contributed by atoms with Gasteiger partial charge in [0.05, 0.1) is 16.7 Å². The van der Waals surface area contributed by atoms with Gasteiger partial charge in [-0.25, -0.2) is 0 Å². The van der Waals surface area contributed by atoms with Gasteiger partial charge in [-0.1, -0.05) is 12.1 Å². The minimum Gasteiger partial charge on any atom is -0.457 e. The molecule has 1 amide bonds. The van der Waals surface area contributed by atoms with Crippen LogP contribution in [0, 0.1) is 24.0 Å². The zero-order valence-corrected chi connectivity index (χ0v) is 15.1. The molecule has 0 atom stereocenters. The molecule has 0 fully saturated rings. The van der Waals surface area contributed by atoms with Crippen LogP contribution in [0.3, 0.4) is 0 Å². The van der Waals surface area contributed by atoms with Crippen LogP contribution in [0.2, 0.25) is 0 Å². The molecule has 8 nitrogen and oxygen atoms in total. The number of aryl methyl sites for hydroxylation is 3. The molecule has 3 rings (SSSR count). The summed E-state index contributed by atoms with van der Waals surface area (Å²) in [4.78, 5) is 23.1. The highest BCUT2D eigenvalue weighted by atomic mass is 16.6. The van der Waals surface area contributed by atoms with Crippen LogP contribution < -0.4 is 10.1 Å². The summed E-state index contributed by atoms with van der Waals surface area (Å²) >= 11 is 0. The molecule has 0 spiro atoms. The van der Waals surface area contributed by atoms with Crippen molar-refractivity contribution in [3.63, 3.8) is 0 Å². The first-order valence-electron chi connectivity index (χ1n) is 8.18. The van der Waals surface area contributed by atoms with Gasteiger partial charge in [0, 0.05) is 24.9 Å². The number of carbonyl (C=O) groups is 1. The molecule has 0 aliphatic heterocycles. The maximum absolute atomic E-state index is 12.4. The number of hydrogen-bond donors (Lipinski definition) is 1. The summed E-state index contributed by atoms with van der Waals surface area (Å²) < 4.78 is 7.30. The average molecular weight is 366 g/mol. The minimum atomic E-state index is -0.538. The van der Waals surface area contributed by atoms with Crippen molar-refractivity contribution in [3.8, 4) is 11.5 Å². The third-order valence-electron chi connectivity index (χ3n) is 3.93. The highest BCUT2D eigenvalue weighted by Crippen LogP contribution is 2.30. The van der Waals surface area contributed by atoms with Crippen molar-refractivity contribution in [1.82, 2.24) is 9.78 Å². The molecular formula is C19H18N4O4. The van der Waals surface area contributed by atoms with Crippen molar-refractivity contribution in [3.05, 3.63) is 75.6 Å². The van der Waals surface area contributed by atoms with Crippen molar-refractivity contribution in [2.75, 3.05) is 5.32 Å². The summed E-state index contributed by atoms with van der Waals surface area (Å²) in [5, 5.41) is 18.0. The summed E-state index contributed by atoms with van der Waals surface area (Å²) in [5.74, 6) is 0.344. The largest absolute Gasteiger partial charge is 0.457 e. The number of benzene rings is 2. The first kappa shape index (κ1) is 18.1. The molecule has 0 saturated carbocycles. The van der Waals surface area contributed by atoms with Crippen molar-refractivity contribution >= 4 is 17.3 Å². The number of aromatic nitrogens is 2. The van der Waals surface area contributed by atoms with Crippen molar-refractivity contribution in [2.24, 2.45) is 7.05 Å². The first-order valence-corrected chi connectivity index (χ1v) is 8.18. The van der Waals surface area contributed by atoms with Crippen LogP contribution in [0.25, 0.3) is 0 Å². The van der Waals surface area contributed by atoms with E-state index < -0.39 is 10.8 Å². The molecule has 0 bridgehead atoms. The summed E-state index contributed by atoms with van der Waals surface area (Å²) in [6.07, 6.45) is 0. The zero-order valence-electron chi connectivity index (χ0n) is 15.1. The number of nitrogens with one attached hydrogen (secondary N) is 1. The van der Waals surface area contributed by atoms with E-state index in [0.29, 0.717) is 5.75 Å². The molecule has 138 valence electrons. The van der Waals surface area contributed by atoms with E-state index in [1.807, 2.05) is 32.0 Å². The Labute approximate surface area is 155 Å². The van der Waals surface area contributed by atoms with Crippen molar-refractivity contribution in [2.45, 2.75) is 13.8 Å². The molecule has 27 heavy (non-hydrogen) atoms. The average Bonchev–Trinajstić information content (AvgIpc) is 2.94. The molecule has 0 aliphatic rings. The highest BCUT2D eigenvalue weighted by Gasteiger charge is 2.16. The summed E-state index contributed by atoms with van der Waals surface area (Å²) in [7, 11) is 1.73. The molecular weight excluding hydrogens is 348 g/mol. The lowest BCUT2D eigenvalue weighted by atomic mass is 10.2. The number of amides is 1. The minimum absolute atomic E-state index is 0.187. The van der Waals surface area contributed by atoms with Crippen molar-refractivity contribution < 1.29 is 14.5 Å². The van der Waals surface area contributed by atoms with Gasteiger partial charge in [-0.15, -0.1) is 0 Å². The van der Waals surface area contributed by atoms with E-state index in [0.717, 1.165) is 11.3 Å². The maximum atomic E-state index is 12.4. The third-order valence-corrected chi connectivity index (χ3v) is 3.93. The lowest BCUT2D eigenvalue weighted by Gasteiger charge is -2.09. The van der Waals surface area contributed by atoms with E-state index >= 15 is 0 Å². The number of nitro groups is 1. The van der Waals surface area contributed by atoms with Crippen LogP contribution >= 0.6 is 0 Å². The number of nitro benzene ring substituents is 1. The van der Waals surface area contributed by atoms with E-state index in [-0.39, 0.29) is 22.8 Å². The first-order chi connectivity index (χ1) is 12.8. The number of rotatable bonds is 5. The van der Waals surface area contributed by atoms with Gasteiger partial charge >= 0.3 is 0 Å². The molecule has 0 saturated heterocycles. The Kier molecular flexibility index (Phi) is 4.89. The fourth-order valence-electron chi connectivity index (χ4n) is 2.50. The number of nitrogens with zero attached hydrogens (tertiary/aromatic N) is 3. The van der Waals surface area contributed by atoms with Crippen LogP contribution in [0.5, 0.6) is 11.5 Å². The molecule has 2 aromatic carbocycles. The standard InChI is InChI=1S/C19H18N4O4/c1-12-5-4-6-16(7-12)27-17-10-14(9-15(11-17)23(25)26)20-19(24)18-8-13(2)22(3)21-18/h4-11H,1-3H3,(H,20,24). The van der Waals surface area contributed by atoms with Gasteiger partial charge in [0.15, 0.2) is 5.69 Å². The second-order valence-electron chi connectivity index (χ2n) is 6.14. The molecule has 1 N–H and O–H groups in total. The predicted octanol–water partition coefficient (Wildman–Crippen LogP) is 3.99. The van der Waals surface area contributed by atoms with E-state index in [2.05, 4.69) is 10.4 Å². The van der Waals surface area contributed by atoms with Crippen LogP contribution in [0.15, 0.2) is 48.5 Å². The van der Waals surface area contributed by atoms with E-state index in [1.54, 1.807) is 23.9 Å². The van der Waals surface area contributed by atoms with Gasteiger partial charge in [0.1, 0.15) is 11.5 Å². The number of carbonyl (C=O) groups excluding carboxylic acids is 1. The fraction of sp³-hybridized carbons (Fsp3) is 0.158. The molecule has 1 aromatic heterocycles. The summed E-state index contributed by atoms with van der Waals surface area (Å²) in [5.41, 5.74) is 2.11. The number of ether oxygens (including phenoxy) is 1. The second kappa shape index (κ2) is 7.28. The Bertz CT molecular complexity index is 1010. The molecule has 0 radical (unpaired) electrons. The normalized spacial score (nSPS) is 10.5. The van der Waals surface area contributed by atoms with E-state index in [4.69, 9.17) is 4.74 Å². The Morgan fingerprint density at radius 3 is 2.56 bits per heavy atom. The molecule has 8 heteroatoms. The summed E-state index contributed by atoms with van der Waals surface area (Å²) in [6.45, 7) is 3.74. The monoisotopic (exact) mass is 366 g/mol. The van der Waals surface area contributed by atoms with Gasteiger partial charge in [0.25, 0.3) is 11.6 Å². The van der Waals surface area contributed by atoms with Crippen molar-refractivity contribution in [1.29, 1.82) is 0 Å². The molecule has 0 aliphatic carbocycles. The Morgan fingerprint density at radius 1 is 1.15 bits per heavy atom. The van der Waals surface area contributed by atoms with E-state index in [1.165, 1.54) is 18.2 Å². The topological polar surface area (TPSA) is 99.3 Å². The fourth-order valence-corrected chi connectivity index (χ4v) is 2.50. The molecule has 0 unspecified atom stereocenters. The number of non-ortho nitro benzene ring substituents is 1. The smallest absolute Gasteiger partial charge is 0.276 e. The molecule has 3 aromatic rings. The number of hydrogen-bond acceptors (Lipinski definition) is 5. The second-order valence-corrected chi connectivity index (χ2v) is 6.14. The maximum Gasteiger partial charge on any atom is 0.276 e. The van der Waals surface area contributed by atoms with E-state index in [9.17, 15) is 14.9 Å². The van der Waals surface area contributed by atoms with Gasteiger partial charge in [-0.3, -0.25) is 19.6 Å². The molecule has 1 heterocycles. The number of anilines is 1. The van der Waals surface area contributed by atoms with Crippen LogP contribution in [-0.4, -0.2) is 20.6 Å². The zero-order chi connectivity index (χ0) is 19.6. The van der Waals surface area contributed by atoms with Crippen LogP contribution in [0.4, 0.5) is 11.4 Å². The third kappa shape index (κ3) is 4.30.